The van der Waals surface area contributed by atoms with Gasteiger partial charge in [-0.1, -0.05) is 6.92 Å². The molecule has 6 nitrogen and oxygen atoms in total. The van der Waals surface area contributed by atoms with Gasteiger partial charge in [0, 0.05) is 23.3 Å². The van der Waals surface area contributed by atoms with Crippen molar-refractivity contribution in [3.63, 3.8) is 0 Å². The normalized spacial score (nSPS) is 11.3. The molecule has 2 aromatic rings. The number of nitrogens with one attached hydrogen (secondary N) is 1. The quantitative estimate of drug-likeness (QED) is 0.787. The molecular weight excluding hydrogens is 358 g/mol. The summed E-state index contributed by atoms with van der Waals surface area (Å²) in [6, 6.07) is 6.01. The fraction of sp³-hybridized carbons (Fsp3) is 0.154. The van der Waals surface area contributed by atoms with Crippen molar-refractivity contribution in [2.24, 2.45) is 0 Å². The predicted molar refractivity (Wildman–Crippen MR) is 83.7 cm³/mol. The van der Waals surface area contributed by atoms with Gasteiger partial charge in [0.25, 0.3) is 0 Å². The number of nitrogens with zero attached hydrogens (tertiary/aromatic N) is 1. The van der Waals surface area contributed by atoms with Crippen molar-refractivity contribution in [2.75, 3.05) is 12.3 Å². The topological polar surface area (TPSA) is 94.3 Å². The molecule has 1 aromatic carbocycles. The third-order valence-electron chi connectivity index (χ3n) is 2.54. The third kappa shape index (κ3) is 3.93. The van der Waals surface area contributed by atoms with E-state index in [0.29, 0.717) is 18.0 Å². The molecule has 0 amide bonds. The predicted octanol–water partition coefficient (Wildman–Crippen LogP) is 2.52. The first kappa shape index (κ1) is 15.7. The van der Waals surface area contributed by atoms with E-state index < -0.39 is 10.0 Å². The lowest BCUT2D eigenvalue weighted by Crippen LogP contribution is -2.23. The Labute approximate surface area is 131 Å². The van der Waals surface area contributed by atoms with Crippen LogP contribution in [0.25, 0.3) is 0 Å². The Bertz CT molecular complexity index is 750. The van der Waals surface area contributed by atoms with Gasteiger partial charge in [-0.15, -0.1) is 0 Å². The molecule has 2 rings (SSSR count). The highest BCUT2D eigenvalue weighted by Crippen LogP contribution is 2.30. The van der Waals surface area contributed by atoms with Crippen molar-refractivity contribution in [3.8, 4) is 11.5 Å². The van der Waals surface area contributed by atoms with Crippen molar-refractivity contribution in [3.05, 3.63) is 41.1 Å². The number of aromatic nitrogens is 1. The maximum Gasteiger partial charge on any atom is 0.240 e. The summed E-state index contributed by atoms with van der Waals surface area (Å²) >= 11 is 3.28. The average Bonchev–Trinajstić information content (AvgIpc) is 2.41. The molecule has 0 saturated heterocycles. The molecule has 21 heavy (non-hydrogen) atoms. The number of anilines is 1. The number of hydrogen-bond acceptors (Lipinski definition) is 5. The molecule has 0 bridgehead atoms. The number of rotatable bonds is 5. The zero-order valence-corrected chi connectivity index (χ0v) is 13.6. The van der Waals surface area contributed by atoms with Gasteiger partial charge in [0.05, 0.1) is 16.8 Å². The van der Waals surface area contributed by atoms with Gasteiger partial charge in [-0.3, -0.25) is 4.98 Å². The minimum Gasteiger partial charge on any atom is -0.453 e. The summed E-state index contributed by atoms with van der Waals surface area (Å²) in [5, 5.41) is 0. The fourth-order valence-corrected chi connectivity index (χ4v) is 3.02. The lowest BCUT2D eigenvalue weighted by molar-refractivity contribution is 0.480. The van der Waals surface area contributed by atoms with Crippen molar-refractivity contribution < 1.29 is 13.2 Å². The highest BCUT2D eigenvalue weighted by atomic mass is 79.9. The van der Waals surface area contributed by atoms with Crippen LogP contribution in [0.5, 0.6) is 11.5 Å². The molecule has 0 aliphatic rings. The van der Waals surface area contributed by atoms with E-state index in [1.165, 1.54) is 24.4 Å². The summed E-state index contributed by atoms with van der Waals surface area (Å²) in [5.41, 5.74) is 6.16. The minimum atomic E-state index is -3.56. The Morgan fingerprint density at radius 2 is 2.10 bits per heavy atom. The summed E-state index contributed by atoms with van der Waals surface area (Å²) in [6.45, 7) is 2.01. The van der Waals surface area contributed by atoms with Crippen LogP contribution in [0.15, 0.2) is 46.0 Å². The lowest BCUT2D eigenvalue weighted by atomic mass is 10.3. The molecule has 0 unspecified atom stereocenters. The van der Waals surface area contributed by atoms with Gasteiger partial charge in [0.1, 0.15) is 5.75 Å². The van der Waals surface area contributed by atoms with E-state index in [4.69, 9.17) is 10.5 Å². The Balaban J connectivity index is 2.36. The van der Waals surface area contributed by atoms with Crippen molar-refractivity contribution in [2.45, 2.75) is 11.8 Å². The second-order valence-corrected chi connectivity index (χ2v) is 6.82. The molecule has 0 atom stereocenters. The zero-order chi connectivity index (χ0) is 15.5. The van der Waals surface area contributed by atoms with Crippen LogP contribution >= 0.6 is 15.9 Å². The molecule has 0 spiro atoms. The van der Waals surface area contributed by atoms with E-state index in [2.05, 4.69) is 25.6 Å². The van der Waals surface area contributed by atoms with E-state index in [0.717, 1.165) is 4.47 Å². The van der Waals surface area contributed by atoms with Crippen LogP contribution in [-0.2, 0) is 10.0 Å². The molecule has 0 aliphatic carbocycles. The Morgan fingerprint density at radius 3 is 2.76 bits per heavy atom. The van der Waals surface area contributed by atoms with Crippen LogP contribution in [0.1, 0.15) is 6.92 Å². The van der Waals surface area contributed by atoms with Crippen molar-refractivity contribution in [1.29, 1.82) is 0 Å². The fourth-order valence-electron chi connectivity index (χ4n) is 1.62. The van der Waals surface area contributed by atoms with Gasteiger partial charge < -0.3 is 10.5 Å². The number of ether oxygens (including phenoxy) is 1. The minimum absolute atomic E-state index is 0.0940. The Morgan fingerprint density at radius 1 is 1.33 bits per heavy atom. The molecular formula is C13H14BrN3O3S. The molecule has 112 valence electrons. The Kier molecular flexibility index (Phi) is 4.81. The first-order valence-electron chi connectivity index (χ1n) is 6.10. The zero-order valence-electron chi connectivity index (χ0n) is 11.2. The first-order chi connectivity index (χ1) is 9.92. The van der Waals surface area contributed by atoms with E-state index in [1.54, 1.807) is 19.2 Å². The van der Waals surface area contributed by atoms with Crippen molar-refractivity contribution >= 4 is 31.6 Å². The van der Waals surface area contributed by atoms with Gasteiger partial charge in [-0.25, -0.2) is 13.1 Å². The second kappa shape index (κ2) is 6.42. The van der Waals surface area contributed by atoms with Gasteiger partial charge in [-0.05, 0) is 34.1 Å². The smallest absolute Gasteiger partial charge is 0.240 e. The summed E-state index contributed by atoms with van der Waals surface area (Å²) in [7, 11) is -3.56. The van der Waals surface area contributed by atoms with E-state index in [-0.39, 0.29) is 10.6 Å². The van der Waals surface area contributed by atoms with Gasteiger partial charge >= 0.3 is 0 Å². The standard InChI is InChI=1S/C13H14BrN3O3S/c1-2-17-21(18,19)11-3-4-12(15)13(6-11)20-10-5-9(14)7-16-8-10/h3-8,17H,2,15H2,1H3. The summed E-state index contributed by atoms with van der Waals surface area (Å²) in [5.74, 6) is 0.711. The summed E-state index contributed by atoms with van der Waals surface area (Å²) in [6.07, 6.45) is 3.12. The highest BCUT2D eigenvalue weighted by Gasteiger charge is 2.15. The first-order valence-corrected chi connectivity index (χ1v) is 8.37. The van der Waals surface area contributed by atoms with Gasteiger partial charge in [0.15, 0.2) is 5.75 Å². The van der Waals surface area contributed by atoms with E-state index in [1.807, 2.05) is 0 Å². The number of halogens is 1. The maximum absolute atomic E-state index is 12.0. The summed E-state index contributed by atoms with van der Waals surface area (Å²) < 4.78 is 32.7. The van der Waals surface area contributed by atoms with Crippen LogP contribution in [-0.4, -0.2) is 19.9 Å². The second-order valence-electron chi connectivity index (χ2n) is 4.14. The molecule has 1 heterocycles. The van der Waals surface area contributed by atoms with E-state index >= 15 is 0 Å². The van der Waals surface area contributed by atoms with Crippen LogP contribution in [0.3, 0.4) is 0 Å². The monoisotopic (exact) mass is 371 g/mol. The molecule has 0 saturated carbocycles. The maximum atomic E-state index is 12.0. The SMILES string of the molecule is CCNS(=O)(=O)c1ccc(N)c(Oc2cncc(Br)c2)c1. The number of pyridine rings is 1. The van der Waals surface area contributed by atoms with Gasteiger partial charge in [0.2, 0.25) is 10.0 Å². The van der Waals surface area contributed by atoms with Crippen LogP contribution < -0.4 is 15.2 Å². The average molecular weight is 372 g/mol. The molecule has 1 aromatic heterocycles. The molecule has 8 heteroatoms. The lowest BCUT2D eigenvalue weighted by Gasteiger charge is -2.11. The summed E-state index contributed by atoms with van der Waals surface area (Å²) in [4.78, 5) is 4.06. The Hall–Kier alpha value is -1.64. The third-order valence-corrected chi connectivity index (χ3v) is 4.51. The van der Waals surface area contributed by atoms with Gasteiger partial charge in [-0.2, -0.15) is 0 Å². The van der Waals surface area contributed by atoms with Crippen molar-refractivity contribution in [1.82, 2.24) is 9.71 Å². The molecule has 0 fully saturated rings. The van der Waals surface area contributed by atoms with Crippen LogP contribution in [0.2, 0.25) is 0 Å². The molecule has 3 N–H and O–H groups in total. The highest BCUT2D eigenvalue weighted by molar-refractivity contribution is 9.10. The van der Waals surface area contributed by atoms with Crippen LogP contribution in [0, 0.1) is 0 Å². The largest absolute Gasteiger partial charge is 0.453 e. The number of benzene rings is 1. The number of sulfonamides is 1. The van der Waals surface area contributed by atoms with E-state index in [9.17, 15) is 8.42 Å². The number of hydrogen-bond donors (Lipinski definition) is 2. The number of nitrogens with two attached hydrogens (primary N) is 1. The molecule has 0 aliphatic heterocycles. The molecule has 0 radical (unpaired) electrons. The number of nitrogen functional groups attached to an aromatic ring is 1. The van der Waals surface area contributed by atoms with Crippen LogP contribution in [0.4, 0.5) is 5.69 Å².